The number of halogens is 6. The van der Waals surface area contributed by atoms with Gasteiger partial charge in [0.15, 0.2) is 5.82 Å². The van der Waals surface area contributed by atoms with Gasteiger partial charge in [0, 0.05) is 0 Å². The van der Waals surface area contributed by atoms with Gasteiger partial charge < -0.3 is 0 Å². The summed E-state index contributed by atoms with van der Waals surface area (Å²) in [5.74, 6) is -0.665. The van der Waals surface area contributed by atoms with Crippen LogP contribution in [0.2, 0.25) is 0 Å². The highest BCUT2D eigenvalue weighted by molar-refractivity contribution is 6.67. The van der Waals surface area contributed by atoms with Crippen LogP contribution in [0.15, 0.2) is 12.7 Å². The lowest BCUT2D eigenvalue weighted by atomic mass is 10.6. The van der Waals surface area contributed by atoms with Crippen molar-refractivity contribution in [3.05, 3.63) is 24.3 Å². The fraction of sp³-hybridized carbons (Fsp3) is 0.286. The maximum atomic E-state index is 12.1. The average molecular weight is 399 g/mol. The number of aromatic nitrogens is 6. The summed E-state index contributed by atoms with van der Waals surface area (Å²) in [4.78, 5) is 19.5. The van der Waals surface area contributed by atoms with Crippen LogP contribution in [0, 0.1) is 0 Å². The van der Waals surface area contributed by atoms with E-state index < -0.39 is 13.6 Å². The van der Waals surface area contributed by atoms with Crippen molar-refractivity contribution in [3.8, 4) is 0 Å². The quantitative estimate of drug-likeness (QED) is 0.637. The third-order valence-electron chi connectivity index (χ3n) is 1.91. The van der Waals surface area contributed by atoms with Gasteiger partial charge >= 0.3 is 6.03 Å². The molecule has 0 radical (unpaired) electrons. The number of rotatable bonds is 0. The summed E-state index contributed by atoms with van der Waals surface area (Å²) in [6.07, 6.45) is 2.26. The molecule has 0 amide bonds. The van der Waals surface area contributed by atoms with Crippen molar-refractivity contribution < 1.29 is 4.79 Å². The summed E-state index contributed by atoms with van der Waals surface area (Å²) in [5.41, 5.74) is 0. The SMILES string of the molecule is O=C(n1cncn1)n1nc(C(Cl)(Cl)Cl)nc1C(Cl)(Cl)Cl. The van der Waals surface area contributed by atoms with Crippen molar-refractivity contribution in [2.75, 3.05) is 0 Å². The molecule has 13 heteroatoms. The number of carbonyl (C=O) groups excluding carboxylic acids is 1. The number of hydrogen-bond donors (Lipinski definition) is 0. The minimum atomic E-state index is -2.06. The van der Waals surface area contributed by atoms with E-state index in [-0.39, 0.29) is 11.6 Å². The molecule has 2 aromatic heterocycles. The molecule has 0 aliphatic rings. The Morgan fingerprint density at radius 2 is 1.75 bits per heavy atom. The lowest BCUT2D eigenvalue weighted by Crippen LogP contribution is -2.26. The molecule has 0 saturated heterocycles. The molecule has 0 atom stereocenters. The Balaban J connectivity index is 2.57. The van der Waals surface area contributed by atoms with Crippen molar-refractivity contribution >= 4 is 75.6 Å². The van der Waals surface area contributed by atoms with Gasteiger partial charge in [0.25, 0.3) is 3.79 Å². The maximum Gasteiger partial charge on any atom is 0.372 e. The zero-order chi connectivity index (χ0) is 15.1. The Hall–Kier alpha value is -0.310. The van der Waals surface area contributed by atoms with Crippen LogP contribution in [0.4, 0.5) is 4.79 Å². The molecule has 2 aromatic rings. The second-order valence-electron chi connectivity index (χ2n) is 3.29. The Labute approximate surface area is 141 Å². The average Bonchev–Trinajstić information content (AvgIpc) is 2.96. The predicted octanol–water partition coefficient (Wildman–Crippen LogP) is 3.04. The van der Waals surface area contributed by atoms with Gasteiger partial charge in [-0.1, -0.05) is 69.6 Å². The molecule has 20 heavy (non-hydrogen) atoms. The smallest absolute Gasteiger partial charge is 0.243 e. The Bertz CT molecular complexity index is 625. The van der Waals surface area contributed by atoms with Crippen LogP contribution in [-0.2, 0) is 7.59 Å². The van der Waals surface area contributed by atoms with E-state index in [0.29, 0.717) is 4.68 Å². The summed E-state index contributed by atoms with van der Waals surface area (Å²) in [6, 6.07) is -0.808. The van der Waals surface area contributed by atoms with Gasteiger partial charge in [-0.25, -0.2) is 14.8 Å². The molecule has 0 aliphatic heterocycles. The van der Waals surface area contributed by atoms with Gasteiger partial charge in [-0.15, -0.1) is 5.10 Å². The fourth-order valence-corrected chi connectivity index (χ4v) is 1.76. The number of hydrogen-bond acceptors (Lipinski definition) is 5. The zero-order valence-electron chi connectivity index (χ0n) is 9.01. The number of nitrogens with zero attached hydrogens (tertiary/aromatic N) is 6. The number of carbonyl (C=O) groups is 1. The Morgan fingerprint density at radius 1 is 1.10 bits per heavy atom. The van der Waals surface area contributed by atoms with E-state index >= 15 is 0 Å². The standard InChI is InChI=1S/C7H2Cl6N6O/c8-6(9,10)3-16-4(7(11,12)13)19(17-3)5(20)18-2-14-1-15-18/h1-2H. The minimum absolute atomic E-state index is 0.322. The molecular weight excluding hydrogens is 397 g/mol. The lowest BCUT2D eigenvalue weighted by Gasteiger charge is -2.10. The van der Waals surface area contributed by atoms with Crippen LogP contribution in [0.5, 0.6) is 0 Å². The number of alkyl halides is 6. The molecule has 0 fully saturated rings. The Morgan fingerprint density at radius 3 is 2.20 bits per heavy atom. The molecule has 0 spiro atoms. The van der Waals surface area contributed by atoms with Gasteiger partial charge in [-0.3, -0.25) is 0 Å². The van der Waals surface area contributed by atoms with E-state index in [2.05, 4.69) is 20.2 Å². The highest BCUT2D eigenvalue weighted by Crippen LogP contribution is 2.41. The summed E-state index contributed by atoms with van der Waals surface area (Å²) < 4.78 is -2.54. The lowest BCUT2D eigenvalue weighted by molar-refractivity contribution is 0.237. The second kappa shape index (κ2) is 5.47. The monoisotopic (exact) mass is 396 g/mol. The van der Waals surface area contributed by atoms with Crippen molar-refractivity contribution in [1.29, 1.82) is 0 Å². The van der Waals surface area contributed by atoms with E-state index in [1.165, 1.54) is 0 Å². The topological polar surface area (TPSA) is 78.5 Å². The van der Waals surface area contributed by atoms with Crippen LogP contribution in [0.25, 0.3) is 0 Å². The predicted molar refractivity (Wildman–Crippen MR) is 74.7 cm³/mol. The molecule has 2 heterocycles. The first-order chi connectivity index (χ1) is 9.10. The maximum absolute atomic E-state index is 12.1. The minimum Gasteiger partial charge on any atom is -0.243 e. The van der Waals surface area contributed by atoms with Crippen molar-refractivity contribution in [2.24, 2.45) is 0 Å². The summed E-state index contributed by atoms with van der Waals surface area (Å²) in [7, 11) is 0. The molecule has 0 bridgehead atoms. The largest absolute Gasteiger partial charge is 0.372 e. The van der Waals surface area contributed by atoms with E-state index in [4.69, 9.17) is 69.6 Å². The normalized spacial score (nSPS) is 12.7. The van der Waals surface area contributed by atoms with Gasteiger partial charge in [-0.2, -0.15) is 14.5 Å². The molecule has 0 aliphatic carbocycles. The van der Waals surface area contributed by atoms with Crippen LogP contribution in [0.3, 0.4) is 0 Å². The molecule has 7 nitrogen and oxygen atoms in total. The third-order valence-corrected chi connectivity index (χ3v) is 2.92. The third kappa shape index (κ3) is 3.29. The second-order valence-corrected chi connectivity index (χ2v) is 7.85. The summed E-state index contributed by atoms with van der Waals surface area (Å²) >= 11 is 34.1. The highest BCUT2D eigenvalue weighted by Gasteiger charge is 2.38. The highest BCUT2D eigenvalue weighted by atomic mass is 35.6. The van der Waals surface area contributed by atoms with E-state index in [1.807, 2.05) is 0 Å². The Kier molecular flexibility index (Phi) is 4.40. The van der Waals surface area contributed by atoms with Crippen LogP contribution >= 0.6 is 69.6 Å². The van der Waals surface area contributed by atoms with Crippen molar-refractivity contribution in [2.45, 2.75) is 7.59 Å². The molecule has 0 saturated carbocycles. The molecule has 2 rings (SSSR count). The first-order valence-electron chi connectivity index (χ1n) is 4.61. The fourth-order valence-electron chi connectivity index (χ4n) is 1.15. The first-order valence-corrected chi connectivity index (χ1v) is 6.88. The van der Waals surface area contributed by atoms with Crippen LogP contribution in [-0.4, -0.2) is 35.6 Å². The van der Waals surface area contributed by atoms with Gasteiger partial charge in [0.05, 0.1) is 0 Å². The first kappa shape index (κ1) is 16.1. The molecule has 0 N–H and O–H groups in total. The van der Waals surface area contributed by atoms with Crippen LogP contribution in [0.1, 0.15) is 11.6 Å². The van der Waals surface area contributed by atoms with Crippen molar-refractivity contribution in [1.82, 2.24) is 29.5 Å². The van der Waals surface area contributed by atoms with Crippen LogP contribution < -0.4 is 0 Å². The van der Waals surface area contributed by atoms with E-state index in [0.717, 1.165) is 17.3 Å². The molecule has 0 aromatic carbocycles. The van der Waals surface area contributed by atoms with Crippen molar-refractivity contribution in [3.63, 3.8) is 0 Å². The summed E-state index contributed by atoms with van der Waals surface area (Å²) in [5, 5.41) is 7.35. The zero-order valence-corrected chi connectivity index (χ0v) is 13.5. The van der Waals surface area contributed by atoms with Gasteiger partial charge in [-0.05, 0) is 0 Å². The van der Waals surface area contributed by atoms with Gasteiger partial charge in [0.2, 0.25) is 9.62 Å². The molecule has 0 unspecified atom stereocenters. The molecule has 108 valence electrons. The van der Waals surface area contributed by atoms with Gasteiger partial charge in [0.1, 0.15) is 12.7 Å². The summed E-state index contributed by atoms with van der Waals surface area (Å²) in [6.45, 7) is 0. The van der Waals surface area contributed by atoms with E-state index in [9.17, 15) is 4.79 Å². The van der Waals surface area contributed by atoms with E-state index in [1.54, 1.807) is 0 Å². The molecular formula is C7H2Cl6N6O.